The maximum absolute atomic E-state index is 12.6. The standard InChI is InChI=1S/C21H29N3OS/c1-15-8-9-18-20(16(15)2)22-21(26-18)24-12-10-23(11-13-24)19(25)14-17-6-4-3-5-7-17/h8-9,17H,3-7,10-14H2,1-2H3. The van der Waals surface area contributed by atoms with Crippen molar-refractivity contribution in [3.05, 3.63) is 23.3 Å². The van der Waals surface area contributed by atoms with Gasteiger partial charge in [0, 0.05) is 32.6 Å². The predicted molar refractivity (Wildman–Crippen MR) is 109 cm³/mol. The highest BCUT2D eigenvalue weighted by molar-refractivity contribution is 7.22. The van der Waals surface area contributed by atoms with Crippen molar-refractivity contribution in [2.45, 2.75) is 52.4 Å². The van der Waals surface area contributed by atoms with Crippen molar-refractivity contribution in [1.29, 1.82) is 0 Å². The van der Waals surface area contributed by atoms with E-state index in [9.17, 15) is 4.79 Å². The lowest BCUT2D eigenvalue weighted by Gasteiger charge is -2.35. The van der Waals surface area contributed by atoms with E-state index in [1.165, 1.54) is 47.9 Å². The van der Waals surface area contributed by atoms with E-state index in [2.05, 4.69) is 35.8 Å². The van der Waals surface area contributed by atoms with Gasteiger partial charge in [0.25, 0.3) is 0 Å². The SMILES string of the molecule is Cc1ccc2sc(N3CCN(C(=O)CC4CCCCC4)CC3)nc2c1C. The molecule has 0 N–H and O–H groups in total. The maximum atomic E-state index is 12.6. The summed E-state index contributed by atoms with van der Waals surface area (Å²) in [6, 6.07) is 4.37. The summed E-state index contributed by atoms with van der Waals surface area (Å²) in [5, 5.41) is 1.10. The van der Waals surface area contributed by atoms with E-state index in [1.54, 1.807) is 11.3 Å². The maximum Gasteiger partial charge on any atom is 0.222 e. The molecule has 1 aromatic heterocycles. The number of benzene rings is 1. The molecule has 1 aromatic carbocycles. The van der Waals surface area contributed by atoms with Crippen molar-refractivity contribution in [1.82, 2.24) is 9.88 Å². The minimum Gasteiger partial charge on any atom is -0.345 e. The van der Waals surface area contributed by atoms with Crippen LogP contribution in [0.2, 0.25) is 0 Å². The van der Waals surface area contributed by atoms with Crippen LogP contribution in [0.4, 0.5) is 5.13 Å². The third-order valence-corrected chi connectivity index (χ3v) is 7.25. The Labute approximate surface area is 160 Å². The van der Waals surface area contributed by atoms with E-state index in [1.807, 2.05) is 0 Å². The second kappa shape index (κ2) is 7.55. The minimum absolute atomic E-state index is 0.368. The molecule has 0 unspecified atom stereocenters. The van der Waals surface area contributed by atoms with Crippen LogP contribution in [-0.4, -0.2) is 42.0 Å². The Morgan fingerprint density at radius 1 is 1.12 bits per heavy atom. The van der Waals surface area contributed by atoms with Crippen LogP contribution in [0.1, 0.15) is 49.7 Å². The van der Waals surface area contributed by atoms with E-state index in [4.69, 9.17) is 4.98 Å². The molecule has 5 heteroatoms. The molecule has 1 saturated heterocycles. The zero-order chi connectivity index (χ0) is 18.1. The molecule has 4 nitrogen and oxygen atoms in total. The highest BCUT2D eigenvalue weighted by Gasteiger charge is 2.25. The van der Waals surface area contributed by atoms with Gasteiger partial charge < -0.3 is 9.80 Å². The van der Waals surface area contributed by atoms with Crippen LogP contribution in [0.25, 0.3) is 10.2 Å². The topological polar surface area (TPSA) is 36.4 Å². The summed E-state index contributed by atoms with van der Waals surface area (Å²) in [7, 11) is 0. The number of anilines is 1. The van der Waals surface area contributed by atoms with E-state index in [0.29, 0.717) is 11.8 Å². The Morgan fingerprint density at radius 2 is 1.85 bits per heavy atom. The zero-order valence-electron chi connectivity index (χ0n) is 16.0. The lowest BCUT2D eigenvalue weighted by Crippen LogP contribution is -2.49. The molecule has 1 aliphatic heterocycles. The molecular formula is C21H29N3OS. The highest BCUT2D eigenvalue weighted by atomic mass is 32.1. The molecule has 0 bridgehead atoms. The fourth-order valence-electron chi connectivity index (χ4n) is 4.26. The first-order valence-electron chi connectivity index (χ1n) is 10.0. The molecule has 1 amide bonds. The molecule has 26 heavy (non-hydrogen) atoms. The molecule has 1 saturated carbocycles. The van der Waals surface area contributed by atoms with E-state index in [0.717, 1.165) is 43.2 Å². The number of hydrogen-bond acceptors (Lipinski definition) is 4. The van der Waals surface area contributed by atoms with Crippen LogP contribution in [0, 0.1) is 19.8 Å². The number of rotatable bonds is 3. The first kappa shape index (κ1) is 17.8. The van der Waals surface area contributed by atoms with Crippen LogP contribution in [0.5, 0.6) is 0 Å². The summed E-state index contributed by atoms with van der Waals surface area (Å²) in [6.07, 6.45) is 7.22. The van der Waals surface area contributed by atoms with E-state index in [-0.39, 0.29) is 0 Å². The van der Waals surface area contributed by atoms with Crippen molar-refractivity contribution in [2.24, 2.45) is 5.92 Å². The number of carbonyl (C=O) groups is 1. The predicted octanol–water partition coefficient (Wildman–Crippen LogP) is 4.53. The van der Waals surface area contributed by atoms with Crippen molar-refractivity contribution in [3.63, 3.8) is 0 Å². The molecule has 2 heterocycles. The number of fused-ring (bicyclic) bond motifs is 1. The van der Waals surface area contributed by atoms with Gasteiger partial charge in [-0.15, -0.1) is 0 Å². The summed E-state index contributed by atoms with van der Waals surface area (Å²) in [5.74, 6) is 0.997. The number of thiazole rings is 1. The second-order valence-corrected chi connectivity index (χ2v) is 8.94. The van der Waals surface area contributed by atoms with E-state index >= 15 is 0 Å². The quantitative estimate of drug-likeness (QED) is 0.795. The van der Waals surface area contributed by atoms with Gasteiger partial charge in [-0.25, -0.2) is 4.98 Å². The minimum atomic E-state index is 0.368. The first-order chi connectivity index (χ1) is 12.6. The van der Waals surface area contributed by atoms with Crippen molar-refractivity contribution >= 4 is 32.6 Å². The summed E-state index contributed by atoms with van der Waals surface area (Å²) in [4.78, 5) is 22.0. The fourth-order valence-corrected chi connectivity index (χ4v) is 5.34. The van der Waals surface area contributed by atoms with Gasteiger partial charge in [-0.05, 0) is 49.8 Å². The Kier molecular flexibility index (Phi) is 5.16. The smallest absolute Gasteiger partial charge is 0.222 e. The Hall–Kier alpha value is -1.62. The lowest BCUT2D eigenvalue weighted by molar-refractivity contribution is -0.132. The molecular weight excluding hydrogens is 342 g/mol. The summed E-state index contributed by atoms with van der Waals surface area (Å²) >= 11 is 1.78. The van der Waals surface area contributed by atoms with Crippen molar-refractivity contribution in [2.75, 3.05) is 31.1 Å². The molecule has 1 aliphatic carbocycles. The van der Waals surface area contributed by atoms with Crippen LogP contribution in [0.3, 0.4) is 0 Å². The number of carbonyl (C=O) groups excluding carboxylic acids is 1. The normalized spacial score (nSPS) is 19.3. The molecule has 140 valence electrons. The third kappa shape index (κ3) is 3.59. The largest absolute Gasteiger partial charge is 0.345 e. The average molecular weight is 372 g/mol. The van der Waals surface area contributed by atoms with Gasteiger partial charge in [-0.3, -0.25) is 4.79 Å². The van der Waals surface area contributed by atoms with Crippen molar-refractivity contribution < 1.29 is 4.79 Å². The zero-order valence-corrected chi connectivity index (χ0v) is 16.8. The van der Waals surface area contributed by atoms with Gasteiger partial charge in [0.05, 0.1) is 10.2 Å². The van der Waals surface area contributed by atoms with Gasteiger partial charge in [-0.1, -0.05) is 36.7 Å². The monoisotopic (exact) mass is 371 g/mol. The molecule has 2 aromatic rings. The van der Waals surface area contributed by atoms with Gasteiger partial charge in [0.15, 0.2) is 5.13 Å². The molecule has 2 aliphatic rings. The number of amides is 1. The second-order valence-electron chi connectivity index (χ2n) is 7.93. The summed E-state index contributed by atoms with van der Waals surface area (Å²) < 4.78 is 1.26. The Bertz CT molecular complexity index is 786. The highest BCUT2D eigenvalue weighted by Crippen LogP contribution is 2.32. The molecule has 0 radical (unpaired) electrons. The third-order valence-electron chi connectivity index (χ3n) is 6.16. The Balaban J connectivity index is 1.37. The lowest BCUT2D eigenvalue weighted by atomic mass is 9.86. The summed E-state index contributed by atoms with van der Waals surface area (Å²) in [6.45, 7) is 7.76. The van der Waals surface area contributed by atoms with E-state index < -0.39 is 0 Å². The fraction of sp³-hybridized carbons (Fsp3) is 0.619. The average Bonchev–Trinajstić information content (AvgIpc) is 3.11. The Morgan fingerprint density at radius 3 is 2.58 bits per heavy atom. The molecule has 0 spiro atoms. The molecule has 0 atom stereocenters. The van der Waals surface area contributed by atoms with Crippen LogP contribution in [0.15, 0.2) is 12.1 Å². The van der Waals surface area contributed by atoms with Crippen molar-refractivity contribution in [3.8, 4) is 0 Å². The van der Waals surface area contributed by atoms with Gasteiger partial charge in [-0.2, -0.15) is 0 Å². The van der Waals surface area contributed by atoms with Gasteiger partial charge in [0.1, 0.15) is 0 Å². The van der Waals surface area contributed by atoms with Crippen LogP contribution < -0.4 is 4.90 Å². The number of aryl methyl sites for hydroxylation is 2. The number of nitrogens with zero attached hydrogens (tertiary/aromatic N) is 3. The number of aromatic nitrogens is 1. The summed E-state index contributed by atoms with van der Waals surface area (Å²) in [5.41, 5.74) is 3.72. The van der Waals surface area contributed by atoms with Crippen LogP contribution >= 0.6 is 11.3 Å². The molecule has 4 rings (SSSR count). The van der Waals surface area contributed by atoms with Gasteiger partial charge >= 0.3 is 0 Å². The number of piperazine rings is 1. The number of hydrogen-bond donors (Lipinski definition) is 0. The van der Waals surface area contributed by atoms with Crippen LogP contribution in [-0.2, 0) is 4.79 Å². The van der Waals surface area contributed by atoms with Gasteiger partial charge in [0.2, 0.25) is 5.91 Å². The molecule has 2 fully saturated rings. The first-order valence-corrected chi connectivity index (χ1v) is 10.8.